The lowest BCUT2D eigenvalue weighted by Gasteiger charge is -2.30. The van der Waals surface area contributed by atoms with Gasteiger partial charge in [-0.05, 0) is 55.0 Å². The SMILES string of the molecule is COc1cc(C(=O)CCC(O)(c2ccc(OC)c(-c3ccc(F)c(Cl)c3)n2)C(F)(F)F)ccc1OC1CC1(F)F. The summed E-state index contributed by atoms with van der Waals surface area (Å²) in [4.78, 5) is 16.8. The lowest BCUT2D eigenvalue weighted by Crippen LogP contribution is -2.43. The topological polar surface area (TPSA) is 77.9 Å². The molecule has 1 saturated carbocycles. The number of hydrogen-bond acceptors (Lipinski definition) is 6. The number of alkyl halides is 5. The van der Waals surface area contributed by atoms with Gasteiger partial charge in [-0.25, -0.2) is 18.2 Å². The third-order valence-electron chi connectivity index (χ3n) is 6.40. The molecule has 1 N–H and O–H groups in total. The van der Waals surface area contributed by atoms with Gasteiger partial charge in [-0.3, -0.25) is 4.79 Å². The number of ether oxygens (including phenoxy) is 3. The number of halogens is 7. The van der Waals surface area contributed by atoms with E-state index in [1.807, 2.05) is 0 Å². The number of hydrogen-bond donors (Lipinski definition) is 1. The molecular weight excluding hydrogens is 568 g/mol. The first kappa shape index (κ1) is 29.5. The maximum atomic E-state index is 14.2. The van der Waals surface area contributed by atoms with Crippen LogP contribution in [-0.2, 0) is 5.60 Å². The predicted molar refractivity (Wildman–Crippen MR) is 132 cm³/mol. The molecule has 40 heavy (non-hydrogen) atoms. The lowest BCUT2D eigenvalue weighted by molar-refractivity contribution is -0.270. The molecule has 2 unspecified atom stereocenters. The van der Waals surface area contributed by atoms with Crippen molar-refractivity contribution < 1.29 is 50.5 Å². The first-order chi connectivity index (χ1) is 18.7. The third kappa shape index (κ3) is 5.83. The van der Waals surface area contributed by atoms with Crippen molar-refractivity contribution in [2.45, 2.75) is 43.1 Å². The van der Waals surface area contributed by atoms with Crippen LogP contribution < -0.4 is 14.2 Å². The lowest BCUT2D eigenvalue weighted by atomic mass is 9.89. The average Bonchev–Trinajstić information content (AvgIpc) is 3.52. The summed E-state index contributed by atoms with van der Waals surface area (Å²) in [7, 11) is 2.46. The van der Waals surface area contributed by atoms with Crippen LogP contribution in [0.1, 0.15) is 35.3 Å². The summed E-state index contributed by atoms with van der Waals surface area (Å²) in [5.41, 5.74) is -4.48. The van der Waals surface area contributed by atoms with Gasteiger partial charge in [0.05, 0.1) is 31.4 Å². The van der Waals surface area contributed by atoms with Gasteiger partial charge < -0.3 is 19.3 Å². The molecule has 214 valence electrons. The Morgan fingerprint density at radius 2 is 1.70 bits per heavy atom. The van der Waals surface area contributed by atoms with Gasteiger partial charge in [0, 0.05) is 17.5 Å². The highest BCUT2D eigenvalue weighted by Crippen LogP contribution is 2.47. The Balaban J connectivity index is 1.60. The molecule has 3 aromatic rings. The van der Waals surface area contributed by atoms with E-state index in [1.54, 1.807) is 0 Å². The number of pyridine rings is 1. The summed E-state index contributed by atoms with van der Waals surface area (Å²) in [5, 5.41) is 10.6. The van der Waals surface area contributed by atoms with Gasteiger partial charge >= 0.3 is 6.18 Å². The Hall–Kier alpha value is -3.51. The second kappa shape index (κ2) is 10.8. The normalized spacial score (nSPS) is 17.6. The molecule has 0 aliphatic heterocycles. The van der Waals surface area contributed by atoms with Crippen LogP contribution in [0.5, 0.6) is 17.2 Å². The van der Waals surface area contributed by atoms with Crippen molar-refractivity contribution in [2.24, 2.45) is 0 Å². The van der Waals surface area contributed by atoms with E-state index >= 15 is 0 Å². The molecule has 1 fully saturated rings. The fourth-order valence-electron chi connectivity index (χ4n) is 3.95. The van der Waals surface area contributed by atoms with Crippen molar-refractivity contribution in [1.29, 1.82) is 0 Å². The van der Waals surface area contributed by atoms with Crippen LogP contribution in [0.3, 0.4) is 0 Å². The number of nitrogens with zero attached hydrogens (tertiary/aromatic N) is 1. The molecule has 2 atom stereocenters. The minimum atomic E-state index is -5.25. The van der Waals surface area contributed by atoms with Crippen LogP contribution in [0.15, 0.2) is 48.5 Å². The first-order valence-electron chi connectivity index (χ1n) is 11.8. The Bertz CT molecular complexity index is 1430. The molecular formula is C27H22ClF6NO5. The molecule has 4 rings (SSSR count). The first-order valence-corrected chi connectivity index (χ1v) is 12.1. The third-order valence-corrected chi connectivity index (χ3v) is 6.69. The Morgan fingerprint density at radius 1 is 1.05 bits per heavy atom. The number of rotatable bonds is 10. The fourth-order valence-corrected chi connectivity index (χ4v) is 4.13. The second-order valence-electron chi connectivity index (χ2n) is 9.09. The summed E-state index contributed by atoms with van der Waals surface area (Å²) in [6.07, 6.45) is -8.93. The van der Waals surface area contributed by atoms with Crippen molar-refractivity contribution in [3.8, 4) is 28.5 Å². The summed E-state index contributed by atoms with van der Waals surface area (Å²) in [6, 6.07) is 9.02. The highest BCUT2D eigenvalue weighted by molar-refractivity contribution is 6.31. The number of benzene rings is 2. The van der Waals surface area contributed by atoms with Gasteiger partial charge in [0.1, 0.15) is 17.3 Å². The number of carbonyl (C=O) groups is 1. The molecule has 6 nitrogen and oxygen atoms in total. The number of aliphatic hydroxyl groups is 1. The van der Waals surface area contributed by atoms with E-state index in [2.05, 4.69) is 4.98 Å². The smallest absolute Gasteiger partial charge is 0.422 e. The maximum Gasteiger partial charge on any atom is 0.422 e. The van der Waals surface area contributed by atoms with Crippen molar-refractivity contribution in [3.05, 3.63) is 70.6 Å². The van der Waals surface area contributed by atoms with E-state index in [-0.39, 0.29) is 39.1 Å². The number of ketones is 1. The van der Waals surface area contributed by atoms with Crippen molar-refractivity contribution in [2.75, 3.05) is 14.2 Å². The average molecular weight is 590 g/mol. The number of Topliss-reactive ketones (excluding diaryl/α,β-unsaturated/α-hetero) is 1. The second-order valence-corrected chi connectivity index (χ2v) is 9.50. The highest BCUT2D eigenvalue weighted by atomic mass is 35.5. The Labute approximate surface area is 229 Å². The molecule has 13 heteroatoms. The van der Waals surface area contributed by atoms with E-state index in [9.17, 15) is 36.2 Å². The number of carbonyl (C=O) groups excluding carboxylic acids is 1. The van der Waals surface area contributed by atoms with Crippen LogP contribution >= 0.6 is 11.6 Å². The molecule has 1 aliphatic rings. The van der Waals surface area contributed by atoms with Gasteiger partial charge in [0.2, 0.25) is 5.60 Å². The standard InChI is InChI=1S/C27H22ClF6NO5/c1-38-20-7-8-22(35-24(20)15-3-5-17(29)16(28)11-15)25(37,27(32,33)34)10-9-18(36)14-4-6-19(21(12-14)39-2)40-23-13-26(23,30)31/h3-8,11-12,23,37H,9-10,13H2,1-2H3. The van der Waals surface area contributed by atoms with E-state index in [1.165, 1.54) is 32.4 Å². The number of aromatic nitrogens is 1. The van der Waals surface area contributed by atoms with E-state index in [4.69, 9.17) is 25.8 Å². The van der Waals surface area contributed by atoms with Crippen molar-refractivity contribution in [3.63, 3.8) is 0 Å². The molecule has 0 radical (unpaired) electrons. The van der Waals surface area contributed by atoms with Crippen molar-refractivity contribution >= 4 is 17.4 Å². The monoisotopic (exact) mass is 589 g/mol. The minimum Gasteiger partial charge on any atom is -0.494 e. The quantitative estimate of drug-likeness (QED) is 0.208. The van der Waals surface area contributed by atoms with Crippen LogP contribution in [0.2, 0.25) is 5.02 Å². The molecule has 0 amide bonds. The summed E-state index contributed by atoms with van der Waals surface area (Å²) in [5.74, 6) is -4.59. The number of methoxy groups -OCH3 is 2. The zero-order chi connectivity index (χ0) is 29.5. The van der Waals surface area contributed by atoms with E-state index < -0.39 is 60.4 Å². The van der Waals surface area contributed by atoms with Gasteiger partial charge in [-0.15, -0.1) is 0 Å². The molecule has 0 spiro atoms. The largest absolute Gasteiger partial charge is 0.494 e. The fraction of sp³-hybridized carbons (Fsp3) is 0.333. The van der Waals surface area contributed by atoms with E-state index in [0.717, 1.165) is 30.3 Å². The predicted octanol–water partition coefficient (Wildman–Crippen LogP) is 6.76. The molecule has 1 aliphatic carbocycles. The van der Waals surface area contributed by atoms with Crippen LogP contribution in [0.4, 0.5) is 26.3 Å². The zero-order valence-electron chi connectivity index (χ0n) is 21.0. The summed E-state index contributed by atoms with van der Waals surface area (Å²) >= 11 is 5.82. The van der Waals surface area contributed by atoms with Gasteiger partial charge in [0.25, 0.3) is 5.92 Å². The van der Waals surface area contributed by atoms with Crippen molar-refractivity contribution in [1.82, 2.24) is 4.98 Å². The summed E-state index contributed by atoms with van der Waals surface area (Å²) < 4.78 is 98.2. The Kier molecular flexibility index (Phi) is 7.97. The minimum absolute atomic E-state index is 0.0328. The van der Waals surface area contributed by atoms with E-state index in [0.29, 0.717) is 0 Å². The molecule has 1 aromatic heterocycles. The van der Waals surface area contributed by atoms with Gasteiger partial charge in [0.15, 0.2) is 23.4 Å². The highest BCUT2D eigenvalue weighted by Gasteiger charge is 2.60. The molecule has 1 heterocycles. The summed E-state index contributed by atoms with van der Waals surface area (Å²) in [6.45, 7) is 0. The maximum absolute atomic E-state index is 14.2. The zero-order valence-corrected chi connectivity index (χ0v) is 21.7. The van der Waals surface area contributed by atoms with Crippen LogP contribution in [0.25, 0.3) is 11.3 Å². The molecule has 0 bridgehead atoms. The molecule has 2 aromatic carbocycles. The van der Waals surface area contributed by atoms with Gasteiger partial charge in [-0.1, -0.05) is 11.6 Å². The Morgan fingerprint density at radius 3 is 2.27 bits per heavy atom. The van der Waals surface area contributed by atoms with Crippen LogP contribution in [0, 0.1) is 5.82 Å². The van der Waals surface area contributed by atoms with Gasteiger partial charge in [-0.2, -0.15) is 13.2 Å². The van der Waals surface area contributed by atoms with Crippen LogP contribution in [-0.4, -0.2) is 48.3 Å². The molecule has 0 saturated heterocycles.